The van der Waals surface area contributed by atoms with E-state index in [1.165, 1.54) is 0 Å². The molecule has 5 rings (SSSR count). The lowest BCUT2D eigenvalue weighted by molar-refractivity contribution is 0.867. The van der Waals surface area contributed by atoms with Crippen molar-refractivity contribution in [1.29, 1.82) is 0 Å². The van der Waals surface area contributed by atoms with Gasteiger partial charge in [0, 0.05) is 28.3 Å². The topological polar surface area (TPSA) is 42.7 Å². The number of halogens is 1. The molecule has 1 unspecified atom stereocenters. The molecule has 4 aromatic rings. The standard InChI is InChI=1S/C22H17ClN4/c1-14-19-20(16-10-5-6-12-18(16)23)17-11-7-13-24-21(17)25-22(19)27(26-14)15-8-3-2-4-9-15/h2-13,20H,1H3,(H,24,25). The zero-order chi connectivity index (χ0) is 18.4. The highest BCUT2D eigenvalue weighted by molar-refractivity contribution is 6.31. The summed E-state index contributed by atoms with van der Waals surface area (Å²) in [6.07, 6.45) is 1.80. The van der Waals surface area contributed by atoms with Gasteiger partial charge in [0.1, 0.15) is 11.6 Å². The fraction of sp³-hybridized carbons (Fsp3) is 0.0909. The highest BCUT2D eigenvalue weighted by Crippen LogP contribution is 2.47. The lowest BCUT2D eigenvalue weighted by atomic mass is 9.83. The van der Waals surface area contributed by atoms with Crippen LogP contribution in [-0.2, 0) is 0 Å². The highest BCUT2D eigenvalue weighted by Gasteiger charge is 2.34. The maximum absolute atomic E-state index is 6.60. The number of nitrogens with one attached hydrogen (secondary N) is 1. The van der Waals surface area contributed by atoms with E-state index in [0.717, 1.165) is 44.7 Å². The first kappa shape index (κ1) is 16.1. The largest absolute Gasteiger partial charge is 0.324 e. The molecule has 1 aliphatic heterocycles. The highest BCUT2D eigenvalue weighted by atomic mass is 35.5. The summed E-state index contributed by atoms with van der Waals surface area (Å²) in [4.78, 5) is 4.57. The van der Waals surface area contributed by atoms with Crippen LogP contribution < -0.4 is 5.32 Å². The van der Waals surface area contributed by atoms with Crippen LogP contribution in [0.5, 0.6) is 0 Å². The lowest BCUT2D eigenvalue weighted by Gasteiger charge is -2.28. The van der Waals surface area contributed by atoms with Gasteiger partial charge in [-0.1, -0.05) is 54.1 Å². The van der Waals surface area contributed by atoms with E-state index in [1.54, 1.807) is 6.20 Å². The summed E-state index contributed by atoms with van der Waals surface area (Å²) in [6, 6.07) is 22.2. The average molecular weight is 373 g/mol. The molecule has 0 amide bonds. The number of nitrogens with zero attached hydrogens (tertiary/aromatic N) is 3. The predicted octanol–water partition coefficient (Wildman–Crippen LogP) is 5.47. The van der Waals surface area contributed by atoms with Gasteiger partial charge in [-0.05, 0) is 36.8 Å². The Bertz CT molecular complexity index is 1120. The van der Waals surface area contributed by atoms with Crippen LogP contribution in [-0.4, -0.2) is 14.8 Å². The summed E-state index contributed by atoms with van der Waals surface area (Å²) in [5, 5.41) is 9.08. The second-order valence-corrected chi connectivity index (χ2v) is 7.02. The molecule has 1 N–H and O–H groups in total. The number of aromatic nitrogens is 3. The molecular formula is C22H17ClN4. The Morgan fingerprint density at radius 2 is 1.67 bits per heavy atom. The summed E-state index contributed by atoms with van der Waals surface area (Å²) in [7, 11) is 0. The van der Waals surface area contributed by atoms with Gasteiger partial charge >= 0.3 is 0 Å². The fourth-order valence-electron chi connectivity index (χ4n) is 3.82. The van der Waals surface area contributed by atoms with Crippen molar-refractivity contribution >= 4 is 23.2 Å². The second-order valence-electron chi connectivity index (χ2n) is 6.62. The van der Waals surface area contributed by atoms with Crippen LogP contribution in [0.3, 0.4) is 0 Å². The van der Waals surface area contributed by atoms with Crippen molar-refractivity contribution in [3.05, 3.63) is 100 Å². The van der Waals surface area contributed by atoms with Crippen molar-refractivity contribution in [3.8, 4) is 5.69 Å². The molecule has 3 heterocycles. The third-order valence-electron chi connectivity index (χ3n) is 5.00. The summed E-state index contributed by atoms with van der Waals surface area (Å²) < 4.78 is 1.95. The van der Waals surface area contributed by atoms with Gasteiger partial charge in [-0.25, -0.2) is 9.67 Å². The molecule has 27 heavy (non-hydrogen) atoms. The molecule has 0 aliphatic carbocycles. The van der Waals surface area contributed by atoms with Crippen molar-refractivity contribution in [2.45, 2.75) is 12.8 Å². The van der Waals surface area contributed by atoms with E-state index in [9.17, 15) is 0 Å². The maximum Gasteiger partial charge on any atom is 0.139 e. The number of aryl methyl sites for hydroxylation is 1. The Labute approximate surface area is 162 Å². The number of fused-ring (bicyclic) bond motifs is 2. The number of para-hydroxylation sites is 1. The van der Waals surface area contributed by atoms with Gasteiger partial charge in [0.15, 0.2) is 0 Å². The van der Waals surface area contributed by atoms with Gasteiger partial charge in [0.05, 0.1) is 11.4 Å². The van der Waals surface area contributed by atoms with Crippen molar-refractivity contribution in [2.75, 3.05) is 5.32 Å². The molecule has 132 valence electrons. The first-order valence-electron chi connectivity index (χ1n) is 8.85. The Hall–Kier alpha value is -3.11. The SMILES string of the molecule is Cc1nn(-c2ccccc2)c2c1C(c1ccccc1Cl)c1cccnc1N2. The quantitative estimate of drug-likeness (QED) is 0.447. The molecule has 1 atom stereocenters. The normalized spacial score (nSPS) is 15.0. The van der Waals surface area contributed by atoms with Crippen LogP contribution in [0.4, 0.5) is 11.6 Å². The number of rotatable bonds is 2. The minimum atomic E-state index is -0.0175. The first-order valence-corrected chi connectivity index (χ1v) is 9.23. The zero-order valence-electron chi connectivity index (χ0n) is 14.7. The van der Waals surface area contributed by atoms with E-state index >= 15 is 0 Å². The molecular weight excluding hydrogens is 356 g/mol. The van der Waals surface area contributed by atoms with Gasteiger partial charge in [-0.2, -0.15) is 5.10 Å². The Morgan fingerprint density at radius 3 is 2.48 bits per heavy atom. The van der Waals surface area contributed by atoms with Crippen LogP contribution in [0.15, 0.2) is 72.9 Å². The maximum atomic E-state index is 6.60. The summed E-state index contributed by atoms with van der Waals surface area (Å²) in [5.74, 6) is 1.76. The van der Waals surface area contributed by atoms with Crippen LogP contribution in [0.2, 0.25) is 5.02 Å². The Balaban J connectivity index is 1.80. The molecule has 0 bridgehead atoms. The fourth-order valence-corrected chi connectivity index (χ4v) is 4.06. The minimum absolute atomic E-state index is 0.0175. The Kier molecular flexibility index (Phi) is 3.73. The summed E-state index contributed by atoms with van der Waals surface area (Å²) in [5.41, 5.74) is 5.28. The van der Waals surface area contributed by atoms with Crippen LogP contribution >= 0.6 is 11.6 Å². The molecule has 5 heteroatoms. The molecule has 4 nitrogen and oxygen atoms in total. The number of hydrogen-bond donors (Lipinski definition) is 1. The van der Waals surface area contributed by atoms with Crippen LogP contribution in [0, 0.1) is 6.92 Å². The van der Waals surface area contributed by atoms with E-state index in [4.69, 9.17) is 16.7 Å². The monoisotopic (exact) mass is 372 g/mol. The number of benzene rings is 2. The van der Waals surface area contributed by atoms with Gasteiger partial charge in [-0.15, -0.1) is 0 Å². The smallest absolute Gasteiger partial charge is 0.139 e. The van der Waals surface area contributed by atoms with Crippen molar-refractivity contribution in [3.63, 3.8) is 0 Å². The lowest BCUT2D eigenvalue weighted by Crippen LogP contribution is -2.17. The molecule has 0 fully saturated rings. The average Bonchev–Trinajstić information content (AvgIpc) is 3.04. The van der Waals surface area contributed by atoms with Gasteiger partial charge in [-0.3, -0.25) is 0 Å². The van der Waals surface area contributed by atoms with Gasteiger partial charge in [0.2, 0.25) is 0 Å². The third kappa shape index (κ3) is 2.53. The number of pyridine rings is 1. The van der Waals surface area contributed by atoms with Crippen LogP contribution in [0.25, 0.3) is 5.69 Å². The molecule has 0 saturated heterocycles. The molecule has 1 aliphatic rings. The van der Waals surface area contributed by atoms with E-state index in [0.29, 0.717) is 0 Å². The zero-order valence-corrected chi connectivity index (χ0v) is 15.5. The number of hydrogen-bond acceptors (Lipinski definition) is 3. The molecule has 0 saturated carbocycles. The molecule has 0 radical (unpaired) electrons. The molecule has 0 spiro atoms. The van der Waals surface area contributed by atoms with Crippen LogP contribution in [0.1, 0.15) is 28.3 Å². The molecule has 2 aromatic heterocycles. The summed E-state index contributed by atoms with van der Waals surface area (Å²) in [6.45, 7) is 2.05. The minimum Gasteiger partial charge on any atom is -0.324 e. The third-order valence-corrected chi connectivity index (χ3v) is 5.34. The Morgan fingerprint density at radius 1 is 0.926 bits per heavy atom. The van der Waals surface area contributed by atoms with E-state index < -0.39 is 0 Å². The van der Waals surface area contributed by atoms with E-state index in [2.05, 4.69) is 22.4 Å². The van der Waals surface area contributed by atoms with Crippen molar-refractivity contribution in [1.82, 2.24) is 14.8 Å². The molecule has 2 aromatic carbocycles. The van der Waals surface area contributed by atoms with Crippen molar-refractivity contribution < 1.29 is 0 Å². The second kappa shape index (κ2) is 6.25. The summed E-state index contributed by atoms with van der Waals surface area (Å²) >= 11 is 6.60. The predicted molar refractivity (Wildman–Crippen MR) is 108 cm³/mol. The first-order chi connectivity index (χ1) is 13.2. The van der Waals surface area contributed by atoms with Gasteiger partial charge in [0.25, 0.3) is 0 Å². The van der Waals surface area contributed by atoms with E-state index in [-0.39, 0.29) is 5.92 Å². The number of anilines is 2. The van der Waals surface area contributed by atoms with E-state index in [1.807, 2.05) is 66.2 Å². The van der Waals surface area contributed by atoms with Gasteiger partial charge < -0.3 is 5.32 Å². The van der Waals surface area contributed by atoms with Crippen molar-refractivity contribution in [2.24, 2.45) is 0 Å².